The predicted molar refractivity (Wildman–Crippen MR) is 203 cm³/mol. The van der Waals surface area contributed by atoms with Crippen LogP contribution in [0.15, 0.2) is 103 Å². The van der Waals surface area contributed by atoms with Crippen molar-refractivity contribution in [1.82, 2.24) is 0 Å². The van der Waals surface area contributed by atoms with Crippen LogP contribution in [0.5, 0.6) is 23.0 Å². The number of nitrogen functional groups attached to an aromatic ring is 2. The Balaban J connectivity index is 0.000000378. The highest BCUT2D eigenvalue weighted by atomic mass is 16.6. The number of methoxy groups -OCH3 is 2. The van der Waals surface area contributed by atoms with Gasteiger partial charge in [-0.2, -0.15) is 5.48 Å². The summed E-state index contributed by atoms with van der Waals surface area (Å²) in [6.07, 6.45) is 7.56. The maximum Gasteiger partial charge on any atom is 0.349 e. The smallest absolute Gasteiger partial charge is 0.349 e. The lowest BCUT2D eigenvalue weighted by Gasteiger charge is -2.13. The van der Waals surface area contributed by atoms with Crippen LogP contribution in [0, 0.1) is 0 Å². The number of carbonyl (C=O) groups is 1. The second kappa shape index (κ2) is 19.4. The monoisotopic (exact) mass is 692 g/mol. The molecule has 51 heavy (non-hydrogen) atoms. The van der Waals surface area contributed by atoms with Crippen LogP contribution in [0.3, 0.4) is 0 Å². The summed E-state index contributed by atoms with van der Waals surface area (Å²) in [6.45, 7) is 2.94. The average Bonchev–Trinajstić information content (AvgIpc) is 3.14. The first-order valence-electron chi connectivity index (χ1n) is 16.7. The molecule has 0 amide bonds. The van der Waals surface area contributed by atoms with E-state index < -0.39 is 5.97 Å². The minimum absolute atomic E-state index is 0.347. The van der Waals surface area contributed by atoms with Gasteiger partial charge in [-0.25, -0.2) is 9.63 Å². The van der Waals surface area contributed by atoms with Crippen molar-refractivity contribution in [1.29, 1.82) is 0 Å². The molecule has 5 aromatic rings. The Morgan fingerprint density at radius 3 is 2.24 bits per heavy atom. The van der Waals surface area contributed by atoms with Crippen LogP contribution in [0.25, 0.3) is 23.3 Å². The van der Waals surface area contributed by atoms with E-state index in [0.717, 1.165) is 52.4 Å². The zero-order valence-electron chi connectivity index (χ0n) is 29.7. The Labute approximate surface area is 299 Å². The standard InChI is InChI=1S/C30H29N3O5.C11H17NO/c1-35-28-16-21(9-8-20(28)7-4-19-5-11-23(12-6-19)33-37-3)25-15-13-24(18-29(25)36-2)38-30(34)26-14-10-22(31)17-27(26)32;1-2-3-6-9-13-11-8-5-4-7-10(11)12/h4-18,33H,31-32H2,1-3H3;4-5,7-8H,2-3,6,9,12H2,1H3/p+2/b7-4+;. The van der Waals surface area contributed by atoms with E-state index in [1.165, 1.54) is 12.8 Å². The summed E-state index contributed by atoms with van der Waals surface area (Å²) in [5.74, 6) is 1.91. The van der Waals surface area contributed by atoms with E-state index in [1.807, 2.05) is 84.9 Å². The third-order valence-electron chi connectivity index (χ3n) is 7.85. The number of anilines is 2. The zero-order chi connectivity index (χ0) is 36.6. The van der Waals surface area contributed by atoms with Gasteiger partial charge in [0.1, 0.15) is 34.2 Å². The molecule has 0 saturated heterocycles. The molecule has 0 aliphatic rings. The van der Waals surface area contributed by atoms with Gasteiger partial charge in [0.05, 0.1) is 33.6 Å². The first kappa shape index (κ1) is 38.0. The first-order chi connectivity index (χ1) is 24.8. The third kappa shape index (κ3) is 11.1. The quantitative estimate of drug-likeness (QED) is 0.0247. The highest BCUT2D eigenvalue weighted by Crippen LogP contribution is 2.36. The molecule has 10 nitrogen and oxygen atoms in total. The van der Waals surface area contributed by atoms with Gasteiger partial charge in [0, 0.05) is 41.1 Å². The van der Waals surface area contributed by atoms with Gasteiger partial charge < -0.3 is 36.1 Å². The minimum Gasteiger partial charge on any atom is -0.496 e. The van der Waals surface area contributed by atoms with Crippen molar-refractivity contribution in [2.75, 3.05) is 39.4 Å². The topological polar surface area (TPSA) is 160 Å². The number of unbranched alkanes of at least 4 members (excludes halogenated alkanes) is 2. The lowest BCUT2D eigenvalue weighted by molar-refractivity contribution is -0.830. The van der Waals surface area contributed by atoms with Gasteiger partial charge >= 0.3 is 5.97 Å². The van der Waals surface area contributed by atoms with Gasteiger partial charge in [-0.05, 0) is 72.1 Å². The molecule has 0 atom stereocenters. The van der Waals surface area contributed by atoms with Gasteiger partial charge in [0.25, 0.3) is 0 Å². The predicted octanol–water partition coefficient (Wildman–Crippen LogP) is 6.81. The van der Waals surface area contributed by atoms with Crippen LogP contribution >= 0.6 is 0 Å². The molecular formula is C41H48N4O6+2. The lowest BCUT2D eigenvalue weighted by Crippen LogP contribution is -2.75. The molecule has 0 fully saturated rings. The fraction of sp³-hybridized carbons (Fsp3) is 0.195. The lowest BCUT2D eigenvalue weighted by atomic mass is 10.0. The fourth-order valence-corrected chi connectivity index (χ4v) is 5.12. The van der Waals surface area contributed by atoms with Crippen LogP contribution in [0.2, 0.25) is 0 Å². The van der Waals surface area contributed by atoms with Crippen molar-refractivity contribution in [3.63, 3.8) is 0 Å². The number of carbonyl (C=O) groups excluding carboxylic acids is 1. The van der Waals surface area contributed by atoms with E-state index in [9.17, 15) is 4.79 Å². The highest BCUT2D eigenvalue weighted by Gasteiger charge is 2.17. The second-order valence-corrected chi connectivity index (χ2v) is 11.6. The van der Waals surface area contributed by atoms with Crippen LogP contribution < -0.4 is 41.6 Å². The number of rotatable bonds is 14. The largest absolute Gasteiger partial charge is 0.496 e. The zero-order valence-corrected chi connectivity index (χ0v) is 29.7. The van der Waals surface area contributed by atoms with Crippen LogP contribution in [0.1, 0.15) is 47.7 Å². The molecule has 0 aliphatic heterocycles. The summed E-state index contributed by atoms with van der Waals surface area (Å²) in [4.78, 5) is 17.7. The number of benzene rings is 5. The van der Waals surface area contributed by atoms with E-state index in [1.54, 1.807) is 57.1 Å². The molecule has 0 aromatic heterocycles. The van der Waals surface area contributed by atoms with Crippen molar-refractivity contribution < 1.29 is 39.8 Å². The molecule has 0 bridgehead atoms. The summed E-state index contributed by atoms with van der Waals surface area (Å²) in [6, 6.07) is 31.7. The maximum atomic E-state index is 12.7. The summed E-state index contributed by atoms with van der Waals surface area (Å²) in [5, 5.41) is 0. The summed E-state index contributed by atoms with van der Waals surface area (Å²) in [5.41, 5.74) is 23.8. The fourth-order valence-electron chi connectivity index (χ4n) is 5.12. The average molecular weight is 693 g/mol. The number of para-hydroxylation sites is 2. The highest BCUT2D eigenvalue weighted by molar-refractivity contribution is 5.95. The van der Waals surface area contributed by atoms with E-state index in [-0.39, 0.29) is 0 Å². The maximum absolute atomic E-state index is 12.7. The number of quaternary nitrogens is 2. The number of esters is 1. The van der Waals surface area contributed by atoms with Crippen molar-refractivity contribution in [2.24, 2.45) is 0 Å². The molecule has 0 unspecified atom stereocenters. The van der Waals surface area contributed by atoms with Gasteiger partial charge in [-0.1, -0.05) is 56.2 Å². The number of hydrogen-bond donors (Lipinski definition) is 4. The van der Waals surface area contributed by atoms with Crippen LogP contribution in [0.4, 0.5) is 22.7 Å². The minimum atomic E-state index is -0.519. The van der Waals surface area contributed by atoms with Gasteiger partial charge in [0.15, 0.2) is 5.69 Å². The van der Waals surface area contributed by atoms with Crippen molar-refractivity contribution in [3.05, 3.63) is 120 Å². The van der Waals surface area contributed by atoms with Gasteiger partial charge in [-0.3, -0.25) is 0 Å². The first-order valence-corrected chi connectivity index (χ1v) is 16.7. The van der Waals surface area contributed by atoms with Crippen LogP contribution in [-0.2, 0) is 4.84 Å². The van der Waals surface area contributed by atoms with E-state index >= 15 is 0 Å². The molecule has 5 aromatic carbocycles. The second-order valence-electron chi connectivity index (χ2n) is 11.6. The molecule has 9 N–H and O–H groups in total. The number of hydrogen-bond acceptors (Lipinski definition) is 8. The van der Waals surface area contributed by atoms with Crippen LogP contribution in [-0.4, -0.2) is 33.9 Å². The molecule has 0 spiro atoms. The SMILES string of the molecule is CCCCCOc1ccccc1N.CO[NH2+]c1ccc(/C=C/c2ccc(-c3ccc(OC(=O)c4ccc(N)cc4[NH3+])cc3OC)cc2OC)cc1. The number of ether oxygens (including phenoxy) is 4. The molecule has 0 radical (unpaired) electrons. The third-order valence-corrected chi connectivity index (χ3v) is 7.85. The van der Waals surface area contributed by atoms with Crippen molar-refractivity contribution >= 4 is 40.9 Å². The normalized spacial score (nSPS) is 10.7. The Morgan fingerprint density at radius 1 is 0.784 bits per heavy atom. The Morgan fingerprint density at radius 2 is 1.55 bits per heavy atom. The Kier molecular flexibility index (Phi) is 14.5. The molecular weight excluding hydrogens is 644 g/mol. The molecule has 0 aliphatic carbocycles. The molecule has 10 heteroatoms. The Bertz CT molecular complexity index is 1910. The van der Waals surface area contributed by atoms with Crippen molar-refractivity contribution in [3.8, 4) is 34.1 Å². The molecule has 266 valence electrons. The molecule has 5 rings (SSSR count). The molecule has 0 saturated carbocycles. The van der Waals surface area contributed by atoms with E-state index in [4.69, 9.17) is 35.3 Å². The van der Waals surface area contributed by atoms with E-state index in [2.05, 4.69) is 12.7 Å². The number of nitrogens with two attached hydrogens (primary N) is 3. The Hall–Kier alpha value is -5.81. The summed E-state index contributed by atoms with van der Waals surface area (Å²) >= 11 is 0. The summed E-state index contributed by atoms with van der Waals surface area (Å²) in [7, 11) is 4.84. The van der Waals surface area contributed by atoms with Gasteiger partial charge in [0.2, 0.25) is 0 Å². The van der Waals surface area contributed by atoms with Crippen molar-refractivity contribution in [2.45, 2.75) is 26.2 Å². The van der Waals surface area contributed by atoms with Gasteiger partial charge in [-0.15, -0.1) is 0 Å². The molecule has 0 heterocycles. The summed E-state index contributed by atoms with van der Waals surface area (Å²) < 4.78 is 22.4. The van der Waals surface area contributed by atoms with E-state index in [0.29, 0.717) is 34.2 Å².